The van der Waals surface area contributed by atoms with Gasteiger partial charge < -0.3 is 5.32 Å². The van der Waals surface area contributed by atoms with Crippen molar-refractivity contribution in [3.8, 4) is 5.69 Å². The average molecular weight is 395 g/mol. The van der Waals surface area contributed by atoms with Crippen LogP contribution in [0.3, 0.4) is 0 Å². The van der Waals surface area contributed by atoms with Gasteiger partial charge >= 0.3 is 6.18 Å². The summed E-state index contributed by atoms with van der Waals surface area (Å²) in [6, 6.07) is 11.5. The third-order valence-corrected chi connectivity index (χ3v) is 4.15. The third-order valence-electron chi connectivity index (χ3n) is 3.90. The fraction of sp³-hybridized carbons (Fsp3) is 0.167. The fourth-order valence-electron chi connectivity index (χ4n) is 2.50. The van der Waals surface area contributed by atoms with Crippen LogP contribution in [0.4, 0.5) is 13.2 Å². The molecule has 5 nitrogen and oxygen atoms in total. The zero-order chi connectivity index (χ0) is 19.6. The topological polar surface area (TPSA) is 59.8 Å². The molecule has 2 aromatic carbocycles. The summed E-state index contributed by atoms with van der Waals surface area (Å²) in [5.74, 6) is -0.548. The van der Waals surface area contributed by atoms with Crippen LogP contribution in [0.25, 0.3) is 5.69 Å². The lowest BCUT2D eigenvalue weighted by atomic mass is 10.1. The normalized spacial score (nSPS) is 12.6. The first kappa shape index (κ1) is 18.9. The summed E-state index contributed by atoms with van der Waals surface area (Å²) >= 11 is 5.84. The van der Waals surface area contributed by atoms with Crippen LogP contribution in [0.1, 0.15) is 34.6 Å². The molecule has 1 amide bonds. The van der Waals surface area contributed by atoms with Crippen LogP contribution >= 0.6 is 11.6 Å². The summed E-state index contributed by atoms with van der Waals surface area (Å²) < 4.78 is 40.3. The number of nitrogens with one attached hydrogen (secondary N) is 1. The Balaban J connectivity index is 1.80. The van der Waals surface area contributed by atoms with Crippen molar-refractivity contribution in [1.29, 1.82) is 0 Å². The first-order chi connectivity index (χ1) is 12.8. The molecule has 27 heavy (non-hydrogen) atoms. The van der Waals surface area contributed by atoms with Crippen molar-refractivity contribution >= 4 is 17.5 Å². The number of alkyl halides is 3. The number of benzene rings is 2. The summed E-state index contributed by atoms with van der Waals surface area (Å²) in [7, 11) is 0. The number of amides is 1. The summed E-state index contributed by atoms with van der Waals surface area (Å²) in [5.41, 5.74) is -0.339. The van der Waals surface area contributed by atoms with Crippen molar-refractivity contribution in [3.63, 3.8) is 0 Å². The molecule has 140 valence electrons. The van der Waals surface area contributed by atoms with E-state index in [1.165, 1.54) is 18.2 Å². The maximum atomic E-state index is 13.1. The highest BCUT2D eigenvalue weighted by atomic mass is 35.5. The maximum Gasteiger partial charge on any atom is 0.418 e. The Hall–Kier alpha value is -2.87. The molecule has 3 rings (SSSR count). The molecule has 0 fully saturated rings. The van der Waals surface area contributed by atoms with Gasteiger partial charge in [-0.05, 0) is 36.8 Å². The van der Waals surface area contributed by atoms with E-state index in [4.69, 9.17) is 11.6 Å². The molecule has 0 radical (unpaired) electrons. The van der Waals surface area contributed by atoms with E-state index in [2.05, 4.69) is 15.6 Å². The van der Waals surface area contributed by atoms with Crippen molar-refractivity contribution in [1.82, 2.24) is 20.3 Å². The Bertz CT molecular complexity index is 954. The highest BCUT2D eigenvalue weighted by Gasteiger charge is 2.34. The van der Waals surface area contributed by atoms with E-state index in [0.717, 1.165) is 22.5 Å². The molecule has 0 aliphatic heterocycles. The quantitative estimate of drug-likeness (QED) is 0.712. The molecule has 1 aromatic heterocycles. The zero-order valence-electron chi connectivity index (χ0n) is 14.0. The van der Waals surface area contributed by atoms with Gasteiger partial charge in [0.05, 0.1) is 23.5 Å². The molecule has 0 aliphatic rings. The molecular formula is C18H14ClF3N4O. The number of hydrogen-bond donors (Lipinski definition) is 1. The second kappa shape index (κ2) is 7.40. The molecule has 0 aliphatic carbocycles. The smallest absolute Gasteiger partial charge is 0.344 e. The summed E-state index contributed by atoms with van der Waals surface area (Å²) in [4.78, 5) is 12.3. The Kier molecular flexibility index (Phi) is 5.18. The summed E-state index contributed by atoms with van der Waals surface area (Å²) in [6.07, 6.45) is -3.39. The third kappa shape index (κ3) is 4.28. The Labute approximate surface area is 157 Å². The maximum absolute atomic E-state index is 13.1. The molecule has 0 saturated carbocycles. The Morgan fingerprint density at radius 1 is 1.15 bits per heavy atom. The molecule has 9 heteroatoms. The van der Waals surface area contributed by atoms with E-state index < -0.39 is 17.6 Å². The van der Waals surface area contributed by atoms with Gasteiger partial charge in [-0.25, -0.2) is 4.68 Å². The molecule has 0 spiro atoms. The largest absolute Gasteiger partial charge is 0.418 e. The Morgan fingerprint density at radius 3 is 2.48 bits per heavy atom. The molecule has 1 N–H and O–H groups in total. The first-order valence-electron chi connectivity index (χ1n) is 7.91. The molecule has 1 unspecified atom stereocenters. The lowest BCUT2D eigenvalue weighted by Crippen LogP contribution is -2.26. The van der Waals surface area contributed by atoms with E-state index in [-0.39, 0.29) is 17.4 Å². The fourth-order valence-corrected chi connectivity index (χ4v) is 2.63. The van der Waals surface area contributed by atoms with Crippen LogP contribution in [0.2, 0.25) is 5.02 Å². The minimum Gasteiger partial charge on any atom is -0.344 e. The highest BCUT2D eigenvalue weighted by Crippen LogP contribution is 2.33. The number of hydrogen-bond acceptors (Lipinski definition) is 3. The molecule has 1 heterocycles. The highest BCUT2D eigenvalue weighted by molar-refractivity contribution is 6.30. The second-order valence-corrected chi connectivity index (χ2v) is 6.25. The number of carbonyl (C=O) groups is 1. The van der Waals surface area contributed by atoms with Crippen LogP contribution in [-0.2, 0) is 6.18 Å². The van der Waals surface area contributed by atoms with Gasteiger partial charge in [-0.2, -0.15) is 13.2 Å². The molecule has 0 bridgehead atoms. The molecule has 3 aromatic rings. The standard InChI is InChI=1S/C18H14ClF3N4O/c1-11(12-6-8-13(19)9-7-12)23-17(27)15-10-26(25-24-15)16-5-3-2-4-14(16)18(20,21)22/h2-11H,1H3,(H,23,27). The van der Waals surface area contributed by atoms with Crippen molar-refractivity contribution in [2.75, 3.05) is 0 Å². The van der Waals surface area contributed by atoms with Gasteiger partial charge in [0.2, 0.25) is 0 Å². The number of para-hydroxylation sites is 1. The molecule has 1 atom stereocenters. The lowest BCUT2D eigenvalue weighted by molar-refractivity contribution is -0.137. The number of aromatic nitrogens is 3. The van der Waals surface area contributed by atoms with Gasteiger partial charge in [0.1, 0.15) is 0 Å². The van der Waals surface area contributed by atoms with Crippen molar-refractivity contribution in [3.05, 3.63) is 76.6 Å². The van der Waals surface area contributed by atoms with Crippen LogP contribution < -0.4 is 5.32 Å². The van der Waals surface area contributed by atoms with Gasteiger partial charge in [0.15, 0.2) is 5.69 Å². The van der Waals surface area contributed by atoms with Crippen molar-refractivity contribution < 1.29 is 18.0 Å². The first-order valence-corrected chi connectivity index (χ1v) is 8.29. The van der Waals surface area contributed by atoms with E-state index in [1.807, 2.05) is 0 Å². The Morgan fingerprint density at radius 2 is 1.81 bits per heavy atom. The number of nitrogens with zero attached hydrogens (tertiary/aromatic N) is 3. The zero-order valence-corrected chi connectivity index (χ0v) is 14.8. The molecular weight excluding hydrogens is 381 g/mol. The minimum atomic E-state index is -4.55. The van der Waals surface area contributed by atoms with Gasteiger partial charge in [0, 0.05) is 5.02 Å². The summed E-state index contributed by atoms with van der Waals surface area (Å²) in [5, 5.41) is 10.6. The average Bonchev–Trinajstić information content (AvgIpc) is 3.11. The van der Waals surface area contributed by atoms with E-state index in [0.29, 0.717) is 5.02 Å². The van der Waals surface area contributed by atoms with Gasteiger partial charge in [-0.1, -0.05) is 41.1 Å². The predicted octanol–water partition coefficient (Wildman–Crippen LogP) is 4.43. The van der Waals surface area contributed by atoms with Crippen LogP contribution in [0.15, 0.2) is 54.7 Å². The van der Waals surface area contributed by atoms with Gasteiger partial charge in [-0.3, -0.25) is 4.79 Å². The monoisotopic (exact) mass is 394 g/mol. The van der Waals surface area contributed by atoms with E-state index >= 15 is 0 Å². The van der Waals surface area contributed by atoms with Crippen LogP contribution in [-0.4, -0.2) is 20.9 Å². The summed E-state index contributed by atoms with van der Waals surface area (Å²) in [6.45, 7) is 1.77. The van der Waals surface area contributed by atoms with Crippen LogP contribution in [0.5, 0.6) is 0 Å². The van der Waals surface area contributed by atoms with E-state index in [1.54, 1.807) is 31.2 Å². The number of halogens is 4. The number of rotatable bonds is 4. The van der Waals surface area contributed by atoms with Gasteiger partial charge in [-0.15, -0.1) is 5.10 Å². The van der Waals surface area contributed by atoms with Crippen molar-refractivity contribution in [2.45, 2.75) is 19.1 Å². The van der Waals surface area contributed by atoms with Crippen LogP contribution in [0, 0.1) is 0 Å². The SMILES string of the molecule is CC(NC(=O)c1cn(-c2ccccc2C(F)(F)F)nn1)c1ccc(Cl)cc1. The number of carbonyl (C=O) groups excluding carboxylic acids is 1. The van der Waals surface area contributed by atoms with Gasteiger partial charge in [0.25, 0.3) is 5.91 Å². The predicted molar refractivity (Wildman–Crippen MR) is 93.7 cm³/mol. The van der Waals surface area contributed by atoms with Crippen molar-refractivity contribution in [2.24, 2.45) is 0 Å². The minimum absolute atomic E-state index is 0.0900. The second-order valence-electron chi connectivity index (χ2n) is 5.81. The van der Waals surface area contributed by atoms with E-state index in [9.17, 15) is 18.0 Å². The molecule has 0 saturated heterocycles. The lowest BCUT2D eigenvalue weighted by Gasteiger charge is -2.13.